The highest BCUT2D eigenvalue weighted by Gasteiger charge is 2.11. The van der Waals surface area contributed by atoms with Crippen molar-refractivity contribution in [1.82, 2.24) is 10.3 Å². The summed E-state index contributed by atoms with van der Waals surface area (Å²) < 4.78 is 20.0. The molecule has 0 aliphatic carbocycles. The maximum atomic E-state index is 14.4. The first-order chi connectivity index (χ1) is 14.9. The van der Waals surface area contributed by atoms with E-state index < -0.39 is 11.8 Å². The van der Waals surface area contributed by atoms with E-state index in [0.29, 0.717) is 22.6 Å². The monoisotopic (exact) mass is 419 g/mol. The number of aromatic nitrogens is 1. The fourth-order valence-electron chi connectivity index (χ4n) is 2.68. The molecule has 3 N–H and O–H groups in total. The summed E-state index contributed by atoms with van der Waals surface area (Å²) in [5.74, 6) is -0.591. The molecule has 3 aromatic rings. The number of halogens is 1. The number of hydrogen-bond acceptors (Lipinski definition) is 5. The topological polar surface area (TPSA) is 116 Å². The zero-order valence-electron chi connectivity index (χ0n) is 16.7. The lowest BCUT2D eigenvalue weighted by molar-refractivity contribution is 0.0958. The summed E-state index contributed by atoms with van der Waals surface area (Å²) in [6, 6.07) is 13.1. The molecule has 156 valence electrons. The van der Waals surface area contributed by atoms with Crippen LogP contribution in [0.25, 0.3) is 0 Å². The Labute approximate surface area is 177 Å². The van der Waals surface area contributed by atoms with E-state index in [1.165, 1.54) is 37.5 Å². The fraction of sp³-hybridized carbons (Fsp3) is 0.0909. The Morgan fingerprint density at radius 1 is 1.06 bits per heavy atom. The third kappa shape index (κ3) is 5.33. The molecule has 8 nitrogen and oxygen atoms in total. The summed E-state index contributed by atoms with van der Waals surface area (Å²) in [6.07, 6.45) is 1.40. The smallest absolute Gasteiger partial charge is 0.323 e. The van der Waals surface area contributed by atoms with Gasteiger partial charge in [-0.1, -0.05) is 0 Å². The van der Waals surface area contributed by atoms with Crippen molar-refractivity contribution in [3.8, 4) is 17.6 Å². The van der Waals surface area contributed by atoms with Crippen molar-refractivity contribution in [2.45, 2.75) is 6.92 Å². The fourth-order valence-corrected chi connectivity index (χ4v) is 2.68. The van der Waals surface area contributed by atoms with Gasteiger partial charge in [0.2, 0.25) is 0 Å². The van der Waals surface area contributed by atoms with Crippen molar-refractivity contribution in [3.05, 3.63) is 77.4 Å². The average Bonchev–Trinajstić information content (AvgIpc) is 2.75. The van der Waals surface area contributed by atoms with E-state index in [-0.39, 0.29) is 23.0 Å². The predicted molar refractivity (Wildman–Crippen MR) is 113 cm³/mol. The predicted octanol–water partition coefficient (Wildman–Crippen LogP) is 4.20. The molecule has 1 heterocycles. The van der Waals surface area contributed by atoms with E-state index in [0.717, 1.165) is 6.07 Å². The van der Waals surface area contributed by atoms with Gasteiger partial charge in [-0.3, -0.25) is 9.78 Å². The Morgan fingerprint density at radius 3 is 2.52 bits per heavy atom. The average molecular weight is 419 g/mol. The maximum absolute atomic E-state index is 14.4. The van der Waals surface area contributed by atoms with E-state index in [2.05, 4.69) is 20.9 Å². The molecular weight excluding hydrogens is 401 g/mol. The summed E-state index contributed by atoms with van der Waals surface area (Å²) in [6.45, 7) is 1.75. The minimum Gasteiger partial charge on any atom is -0.457 e. The number of nitrogens with zero attached hydrogens (tertiary/aromatic N) is 2. The minimum atomic E-state index is -0.704. The normalized spacial score (nSPS) is 10.0. The highest BCUT2D eigenvalue weighted by atomic mass is 19.1. The molecule has 3 rings (SSSR count). The lowest BCUT2D eigenvalue weighted by Gasteiger charge is -2.11. The molecule has 0 saturated carbocycles. The van der Waals surface area contributed by atoms with Gasteiger partial charge in [0, 0.05) is 31.1 Å². The Bertz CT molecular complexity index is 1190. The number of pyridine rings is 1. The van der Waals surface area contributed by atoms with Crippen molar-refractivity contribution in [2.24, 2.45) is 0 Å². The molecule has 0 saturated heterocycles. The van der Waals surface area contributed by atoms with Gasteiger partial charge in [0.1, 0.15) is 23.0 Å². The number of aryl methyl sites for hydroxylation is 1. The van der Waals surface area contributed by atoms with Crippen LogP contribution in [-0.2, 0) is 0 Å². The largest absolute Gasteiger partial charge is 0.457 e. The zero-order chi connectivity index (χ0) is 22.4. The second-order valence-electron chi connectivity index (χ2n) is 6.42. The summed E-state index contributed by atoms with van der Waals surface area (Å²) in [7, 11) is 1.48. The molecule has 0 radical (unpaired) electrons. The van der Waals surface area contributed by atoms with Crippen LogP contribution in [0.15, 0.2) is 54.7 Å². The van der Waals surface area contributed by atoms with Gasteiger partial charge in [-0.2, -0.15) is 5.26 Å². The standard InChI is InChI=1S/C22H18FN5O3/c1-13-9-15(4-3-14(13)12-24)27-22(30)28-19-6-5-16(10-18(19)23)31-17-7-8-26-20(11-17)21(29)25-2/h3-11H,1-2H3,(H,25,29)(H2,27,28,30). The lowest BCUT2D eigenvalue weighted by atomic mass is 10.1. The molecule has 31 heavy (non-hydrogen) atoms. The maximum Gasteiger partial charge on any atom is 0.323 e. The third-order valence-electron chi connectivity index (χ3n) is 4.22. The summed E-state index contributed by atoms with van der Waals surface area (Å²) in [4.78, 5) is 27.8. The van der Waals surface area contributed by atoms with Crippen LogP contribution in [-0.4, -0.2) is 24.0 Å². The van der Waals surface area contributed by atoms with Crippen LogP contribution in [0, 0.1) is 24.1 Å². The van der Waals surface area contributed by atoms with Crippen LogP contribution in [0.5, 0.6) is 11.5 Å². The molecule has 0 unspecified atom stereocenters. The number of urea groups is 1. The number of amides is 3. The van der Waals surface area contributed by atoms with Gasteiger partial charge >= 0.3 is 6.03 Å². The molecule has 9 heteroatoms. The number of carbonyl (C=O) groups excluding carboxylic acids is 2. The molecule has 0 aliphatic heterocycles. The molecule has 0 spiro atoms. The van der Waals surface area contributed by atoms with Gasteiger partial charge in [0.05, 0.1) is 17.3 Å². The first-order valence-electron chi connectivity index (χ1n) is 9.14. The highest BCUT2D eigenvalue weighted by Crippen LogP contribution is 2.26. The van der Waals surface area contributed by atoms with Crippen molar-refractivity contribution in [1.29, 1.82) is 5.26 Å². The lowest BCUT2D eigenvalue weighted by Crippen LogP contribution is -2.20. The van der Waals surface area contributed by atoms with Gasteiger partial charge in [-0.15, -0.1) is 0 Å². The summed E-state index contributed by atoms with van der Waals surface area (Å²) in [5, 5.41) is 16.4. The molecule has 0 bridgehead atoms. The highest BCUT2D eigenvalue weighted by molar-refractivity contribution is 6.00. The number of ether oxygens (including phenoxy) is 1. The number of rotatable bonds is 5. The Morgan fingerprint density at radius 2 is 1.84 bits per heavy atom. The summed E-state index contributed by atoms with van der Waals surface area (Å²) in [5.41, 5.74) is 1.80. The number of benzene rings is 2. The van der Waals surface area contributed by atoms with Crippen LogP contribution in [0.3, 0.4) is 0 Å². The number of hydrogen-bond donors (Lipinski definition) is 3. The molecule has 0 atom stereocenters. The van der Waals surface area contributed by atoms with Gasteiger partial charge < -0.3 is 20.7 Å². The van der Waals surface area contributed by atoms with Crippen molar-refractivity contribution >= 4 is 23.3 Å². The van der Waals surface area contributed by atoms with Crippen LogP contribution >= 0.6 is 0 Å². The van der Waals surface area contributed by atoms with Gasteiger partial charge in [-0.05, 0) is 48.9 Å². The molecule has 0 aliphatic rings. The Hall–Kier alpha value is -4.45. The second-order valence-corrected chi connectivity index (χ2v) is 6.42. The minimum absolute atomic E-state index is 0.0454. The second kappa shape index (κ2) is 9.37. The van der Waals surface area contributed by atoms with Gasteiger partial charge in [-0.25, -0.2) is 9.18 Å². The molecular formula is C22H18FN5O3. The molecule has 2 aromatic carbocycles. The first kappa shape index (κ1) is 21.3. The van der Waals surface area contributed by atoms with E-state index >= 15 is 0 Å². The molecule has 0 fully saturated rings. The number of nitrogens with one attached hydrogen (secondary N) is 3. The van der Waals surface area contributed by atoms with E-state index in [1.807, 2.05) is 6.07 Å². The summed E-state index contributed by atoms with van der Waals surface area (Å²) >= 11 is 0. The Balaban J connectivity index is 1.67. The quantitative estimate of drug-likeness (QED) is 0.573. The van der Waals surface area contributed by atoms with Crippen LogP contribution in [0.2, 0.25) is 0 Å². The van der Waals surface area contributed by atoms with Gasteiger partial charge in [0.25, 0.3) is 5.91 Å². The third-order valence-corrected chi connectivity index (χ3v) is 4.22. The van der Waals surface area contributed by atoms with Gasteiger partial charge in [0.15, 0.2) is 0 Å². The SMILES string of the molecule is CNC(=O)c1cc(Oc2ccc(NC(=O)Nc3ccc(C#N)c(C)c3)c(F)c2)ccn1. The number of nitriles is 1. The molecule has 3 amide bonds. The Kier molecular flexibility index (Phi) is 6.42. The van der Waals surface area contributed by atoms with Crippen molar-refractivity contribution in [3.63, 3.8) is 0 Å². The van der Waals surface area contributed by atoms with E-state index in [1.54, 1.807) is 25.1 Å². The zero-order valence-corrected chi connectivity index (χ0v) is 16.7. The number of anilines is 2. The number of carbonyl (C=O) groups is 2. The molecule has 1 aromatic heterocycles. The van der Waals surface area contributed by atoms with E-state index in [4.69, 9.17) is 10.00 Å². The van der Waals surface area contributed by atoms with E-state index in [9.17, 15) is 14.0 Å². The van der Waals surface area contributed by atoms with Crippen molar-refractivity contribution in [2.75, 3.05) is 17.7 Å². The van der Waals surface area contributed by atoms with Crippen molar-refractivity contribution < 1.29 is 18.7 Å². The van der Waals surface area contributed by atoms with Crippen LogP contribution in [0.4, 0.5) is 20.6 Å². The van der Waals surface area contributed by atoms with Crippen LogP contribution < -0.4 is 20.7 Å². The first-order valence-corrected chi connectivity index (χ1v) is 9.14. The van der Waals surface area contributed by atoms with Crippen LogP contribution in [0.1, 0.15) is 21.6 Å².